The van der Waals surface area contributed by atoms with Crippen LogP contribution in [0.5, 0.6) is 0 Å². The largest absolute Gasteiger partial charge is 0.278 e. The standard InChI is InChI=1S/C13H16ClN3O2S/c1-9(2)17-8-13(10(3)15-17)20(18,19)16-12-7-5-4-6-11(12)14/h4-9,16H,1-3H3. The predicted molar refractivity (Wildman–Crippen MR) is 79.6 cm³/mol. The van der Waals surface area contributed by atoms with E-state index in [1.165, 1.54) is 6.20 Å². The molecule has 0 bridgehead atoms. The van der Waals surface area contributed by atoms with Gasteiger partial charge in [0.25, 0.3) is 10.0 Å². The lowest BCUT2D eigenvalue weighted by Gasteiger charge is -2.08. The molecule has 0 atom stereocenters. The third-order valence-corrected chi connectivity index (χ3v) is 4.61. The zero-order chi connectivity index (χ0) is 14.9. The molecule has 2 rings (SSSR count). The lowest BCUT2D eigenvalue weighted by atomic mass is 10.3. The molecule has 0 aliphatic heterocycles. The van der Waals surface area contributed by atoms with E-state index in [-0.39, 0.29) is 10.9 Å². The molecule has 1 N–H and O–H groups in total. The maximum atomic E-state index is 12.4. The van der Waals surface area contributed by atoms with Crippen molar-refractivity contribution in [2.24, 2.45) is 0 Å². The minimum Gasteiger partial charge on any atom is -0.278 e. The van der Waals surface area contributed by atoms with Crippen molar-refractivity contribution in [3.8, 4) is 0 Å². The Morgan fingerprint density at radius 2 is 1.95 bits per heavy atom. The number of nitrogens with one attached hydrogen (secondary N) is 1. The molecule has 1 heterocycles. The van der Waals surface area contributed by atoms with Gasteiger partial charge in [-0.25, -0.2) is 8.42 Å². The lowest BCUT2D eigenvalue weighted by Crippen LogP contribution is -2.13. The number of para-hydroxylation sites is 1. The number of rotatable bonds is 4. The van der Waals surface area contributed by atoms with E-state index in [0.29, 0.717) is 16.4 Å². The second-order valence-electron chi connectivity index (χ2n) is 4.74. The molecular weight excluding hydrogens is 298 g/mol. The summed E-state index contributed by atoms with van der Waals surface area (Å²) in [4.78, 5) is 0.158. The van der Waals surface area contributed by atoms with Crippen molar-refractivity contribution < 1.29 is 8.42 Å². The molecule has 7 heteroatoms. The van der Waals surface area contributed by atoms with Crippen molar-refractivity contribution in [3.05, 3.63) is 41.2 Å². The summed E-state index contributed by atoms with van der Waals surface area (Å²) in [6.45, 7) is 5.54. The average Bonchev–Trinajstić information content (AvgIpc) is 2.75. The van der Waals surface area contributed by atoms with E-state index in [1.807, 2.05) is 13.8 Å². The third kappa shape index (κ3) is 2.96. The van der Waals surface area contributed by atoms with E-state index in [1.54, 1.807) is 35.9 Å². The molecule has 0 fully saturated rings. The molecule has 0 spiro atoms. The fourth-order valence-electron chi connectivity index (χ4n) is 1.74. The molecule has 108 valence electrons. The SMILES string of the molecule is Cc1nn(C(C)C)cc1S(=O)(=O)Nc1ccccc1Cl. The zero-order valence-electron chi connectivity index (χ0n) is 11.5. The van der Waals surface area contributed by atoms with Crippen molar-refractivity contribution >= 4 is 27.3 Å². The molecule has 20 heavy (non-hydrogen) atoms. The van der Waals surface area contributed by atoms with Crippen LogP contribution >= 0.6 is 11.6 Å². The highest BCUT2D eigenvalue weighted by atomic mass is 35.5. The van der Waals surface area contributed by atoms with Gasteiger partial charge in [-0.05, 0) is 32.9 Å². The van der Waals surface area contributed by atoms with Gasteiger partial charge in [-0.15, -0.1) is 0 Å². The minimum atomic E-state index is -3.70. The molecule has 1 aromatic carbocycles. The lowest BCUT2D eigenvalue weighted by molar-refractivity contribution is 0.528. The highest BCUT2D eigenvalue weighted by Gasteiger charge is 2.21. The van der Waals surface area contributed by atoms with Crippen molar-refractivity contribution in [3.63, 3.8) is 0 Å². The highest BCUT2D eigenvalue weighted by molar-refractivity contribution is 7.92. The Morgan fingerprint density at radius 1 is 1.30 bits per heavy atom. The summed E-state index contributed by atoms with van der Waals surface area (Å²) < 4.78 is 28.9. The summed E-state index contributed by atoms with van der Waals surface area (Å²) >= 11 is 5.97. The monoisotopic (exact) mass is 313 g/mol. The van der Waals surface area contributed by atoms with E-state index >= 15 is 0 Å². The number of aromatic nitrogens is 2. The second-order valence-corrected chi connectivity index (χ2v) is 6.80. The number of anilines is 1. The van der Waals surface area contributed by atoms with Crippen molar-refractivity contribution in [1.82, 2.24) is 9.78 Å². The molecule has 2 aromatic rings. The summed E-state index contributed by atoms with van der Waals surface area (Å²) in [6.07, 6.45) is 1.53. The van der Waals surface area contributed by atoms with E-state index in [0.717, 1.165) is 0 Å². The van der Waals surface area contributed by atoms with Crippen molar-refractivity contribution in [1.29, 1.82) is 0 Å². The topological polar surface area (TPSA) is 64.0 Å². The van der Waals surface area contributed by atoms with Gasteiger partial charge in [0.05, 0.1) is 16.4 Å². The number of nitrogens with zero attached hydrogens (tertiary/aromatic N) is 2. The summed E-state index contributed by atoms with van der Waals surface area (Å²) in [7, 11) is -3.70. The average molecular weight is 314 g/mol. The maximum Gasteiger partial charge on any atom is 0.265 e. The van der Waals surface area contributed by atoms with Crippen LogP contribution in [0.1, 0.15) is 25.6 Å². The molecule has 0 unspecified atom stereocenters. The van der Waals surface area contributed by atoms with Crippen LogP contribution < -0.4 is 4.72 Å². The normalized spacial score (nSPS) is 11.8. The Kier molecular flexibility index (Phi) is 4.06. The summed E-state index contributed by atoms with van der Waals surface area (Å²) in [6, 6.07) is 6.79. The van der Waals surface area contributed by atoms with Gasteiger partial charge < -0.3 is 0 Å². The summed E-state index contributed by atoms with van der Waals surface area (Å²) in [5, 5.41) is 4.56. The van der Waals surface area contributed by atoms with Gasteiger partial charge in [0.2, 0.25) is 0 Å². The first kappa shape index (κ1) is 14.9. The number of aryl methyl sites for hydroxylation is 1. The minimum absolute atomic E-state index is 0.0953. The number of sulfonamides is 1. The number of benzene rings is 1. The molecule has 1 aromatic heterocycles. The van der Waals surface area contributed by atoms with Crippen LogP contribution in [0, 0.1) is 6.92 Å². The quantitative estimate of drug-likeness (QED) is 0.942. The Hall–Kier alpha value is -1.53. The van der Waals surface area contributed by atoms with Gasteiger partial charge in [-0.2, -0.15) is 5.10 Å². The first-order chi connectivity index (χ1) is 9.31. The van der Waals surface area contributed by atoms with Crippen molar-refractivity contribution in [2.75, 3.05) is 4.72 Å². The van der Waals surface area contributed by atoms with Gasteiger partial charge in [0.15, 0.2) is 0 Å². The van der Waals surface area contributed by atoms with Crippen LogP contribution in [0.15, 0.2) is 35.4 Å². The van der Waals surface area contributed by atoms with Crippen LogP contribution in [0.25, 0.3) is 0 Å². The van der Waals surface area contributed by atoms with Gasteiger partial charge in [0, 0.05) is 12.2 Å². The summed E-state index contributed by atoms with van der Waals surface area (Å²) in [5.41, 5.74) is 0.809. The molecular formula is C13H16ClN3O2S. The predicted octanol–water partition coefficient (Wildman–Crippen LogP) is 3.23. The third-order valence-electron chi connectivity index (χ3n) is 2.81. The molecule has 0 amide bonds. The molecule has 5 nitrogen and oxygen atoms in total. The molecule has 0 saturated heterocycles. The maximum absolute atomic E-state index is 12.4. The smallest absolute Gasteiger partial charge is 0.265 e. The zero-order valence-corrected chi connectivity index (χ0v) is 13.0. The van der Waals surface area contributed by atoms with Gasteiger partial charge >= 0.3 is 0 Å². The van der Waals surface area contributed by atoms with Crippen LogP contribution in [0.3, 0.4) is 0 Å². The number of hydrogen-bond acceptors (Lipinski definition) is 3. The summed E-state index contributed by atoms with van der Waals surface area (Å²) in [5.74, 6) is 0. The Balaban J connectivity index is 2.39. The first-order valence-electron chi connectivity index (χ1n) is 6.14. The van der Waals surface area contributed by atoms with E-state index < -0.39 is 10.0 Å². The van der Waals surface area contributed by atoms with Crippen LogP contribution in [-0.2, 0) is 10.0 Å². The molecule has 0 aliphatic carbocycles. The highest BCUT2D eigenvalue weighted by Crippen LogP contribution is 2.25. The Bertz CT molecular complexity index is 723. The van der Waals surface area contributed by atoms with Crippen LogP contribution in [-0.4, -0.2) is 18.2 Å². The molecule has 0 radical (unpaired) electrons. The van der Waals surface area contributed by atoms with Gasteiger partial charge in [0.1, 0.15) is 4.90 Å². The first-order valence-corrected chi connectivity index (χ1v) is 8.00. The number of halogens is 1. The van der Waals surface area contributed by atoms with E-state index in [9.17, 15) is 8.42 Å². The Morgan fingerprint density at radius 3 is 2.50 bits per heavy atom. The number of hydrogen-bond donors (Lipinski definition) is 1. The Labute approximate surface area is 123 Å². The fraction of sp³-hybridized carbons (Fsp3) is 0.308. The molecule has 0 saturated carbocycles. The molecule has 0 aliphatic rings. The van der Waals surface area contributed by atoms with Crippen LogP contribution in [0.4, 0.5) is 5.69 Å². The van der Waals surface area contributed by atoms with Crippen molar-refractivity contribution in [2.45, 2.75) is 31.7 Å². The second kappa shape index (κ2) is 5.46. The fourth-order valence-corrected chi connectivity index (χ4v) is 3.23. The van der Waals surface area contributed by atoms with Gasteiger partial charge in [-0.1, -0.05) is 23.7 Å². The van der Waals surface area contributed by atoms with Gasteiger partial charge in [-0.3, -0.25) is 9.40 Å². The van der Waals surface area contributed by atoms with Crippen LogP contribution in [0.2, 0.25) is 5.02 Å². The van der Waals surface area contributed by atoms with E-state index in [2.05, 4.69) is 9.82 Å². The van der Waals surface area contributed by atoms with E-state index in [4.69, 9.17) is 11.6 Å².